The molecule has 0 radical (unpaired) electrons. The molecule has 0 spiro atoms. The molecule has 2 bridgehead atoms. The molecule has 1 N–H and O–H groups in total. The monoisotopic (exact) mass is 395 g/mol. The summed E-state index contributed by atoms with van der Waals surface area (Å²) in [6, 6.07) is 28.3. The summed E-state index contributed by atoms with van der Waals surface area (Å²) in [6.07, 6.45) is 0. The maximum Gasteiger partial charge on any atom is 0.119 e. The summed E-state index contributed by atoms with van der Waals surface area (Å²) in [5.41, 5.74) is 5.66. The lowest BCUT2D eigenvalue weighted by atomic mass is 9.74. The van der Waals surface area contributed by atoms with E-state index in [4.69, 9.17) is 10.00 Å². The second-order valence-corrected chi connectivity index (χ2v) is 8.27. The molecule has 4 heteroatoms. The number of hydrogen-bond acceptors (Lipinski definition) is 4. The average Bonchev–Trinajstić information content (AvgIpc) is 2.79. The minimum Gasteiger partial charge on any atom is -0.497 e. The Balaban J connectivity index is 1.25. The normalized spacial score (nSPS) is 22.7. The van der Waals surface area contributed by atoms with E-state index in [1.54, 1.807) is 7.11 Å². The highest BCUT2D eigenvalue weighted by Crippen LogP contribution is 2.38. The van der Waals surface area contributed by atoms with Crippen LogP contribution in [0.15, 0.2) is 72.8 Å². The van der Waals surface area contributed by atoms with Gasteiger partial charge < -0.3 is 10.1 Å². The van der Waals surface area contributed by atoms with Gasteiger partial charge in [-0.25, -0.2) is 0 Å². The molecule has 6 rings (SSSR count). The van der Waals surface area contributed by atoms with Crippen LogP contribution < -0.4 is 10.1 Å². The molecule has 3 atom stereocenters. The first kappa shape index (κ1) is 18.9. The Hall–Kier alpha value is -3.13. The molecule has 1 unspecified atom stereocenters. The highest BCUT2D eigenvalue weighted by molar-refractivity contribution is 5.65. The molecule has 30 heavy (non-hydrogen) atoms. The average molecular weight is 396 g/mol. The van der Waals surface area contributed by atoms with Gasteiger partial charge in [0.2, 0.25) is 0 Å². The highest BCUT2D eigenvalue weighted by atomic mass is 16.5. The molecular weight excluding hydrogens is 370 g/mol. The Morgan fingerprint density at radius 1 is 0.967 bits per heavy atom. The molecule has 0 amide bonds. The quantitative estimate of drug-likeness (QED) is 0.704. The van der Waals surface area contributed by atoms with Crippen LogP contribution in [0.5, 0.6) is 5.75 Å². The summed E-state index contributed by atoms with van der Waals surface area (Å²) in [5.74, 6) is 1.50. The van der Waals surface area contributed by atoms with Crippen LogP contribution in [-0.4, -0.2) is 37.2 Å². The lowest BCUT2D eigenvalue weighted by molar-refractivity contribution is 0.0470. The number of nitrogens with one attached hydrogen (secondary N) is 1. The van der Waals surface area contributed by atoms with Crippen molar-refractivity contribution in [3.05, 3.63) is 89.5 Å². The van der Waals surface area contributed by atoms with Crippen molar-refractivity contribution in [2.45, 2.75) is 24.5 Å². The summed E-state index contributed by atoms with van der Waals surface area (Å²) < 4.78 is 5.36. The lowest BCUT2D eigenvalue weighted by Gasteiger charge is -2.55. The van der Waals surface area contributed by atoms with Crippen molar-refractivity contribution in [2.24, 2.45) is 0 Å². The van der Waals surface area contributed by atoms with Crippen molar-refractivity contribution in [3.63, 3.8) is 0 Å². The number of benzene rings is 3. The minimum atomic E-state index is 0.502. The molecule has 0 aliphatic carbocycles. The van der Waals surface area contributed by atoms with Crippen molar-refractivity contribution in [2.75, 3.05) is 20.2 Å². The van der Waals surface area contributed by atoms with Crippen LogP contribution in [0.2, 0.25) is 0 Å². The molecule has 0 saturated carbocycles. The number of ether oxygens (including phenoxy) is 1. The van der Waals surface area contributed by atoms with Crippen LogP contribution in [0.1, 0.15) is 22.6 Å². The van der Waals surface area contributed by atoms with E-state index in [1.165, 1.54) is 11.1 Å². The Morgan fingerprint density at radius 3 is 2.47 bits per heavy atom. The van der Waals surface area contributed by atoms with Crippen molar-refractivity contribution in [1.29, 1.82) is 5.26 Å². The molecule has 3 aliphatic rings. The van der Waals surface area contributed by atoms with E-state index in [9.17, 15) is 0 Å². The van der Waals surface area contributed by atoms with Crippen LogP contribution in [0, 0.1) is 11.3 Å². The van der Waals surface area contributed by atoms with Crippen LogP contribution in [0.25, 0.3) is 11.1 Å². The van der Waals surface area contributed by atoms with Crippen molar-refractivity contribution < 1.29 is 4.74 Å². The van der Waals surface area contributed by atoms with Gasteiger partial charge in [-0.05, 0) is 46.5 Å². The molecule has 3 saturated heterocycles. The summed E-state index contributed by atoms with van der Waals surface area (Å²) >= 11 is 0. The zero-order chi connectivity index (χ0) is 20.5. The molecule has 4 nitrogen and oxygen atoms in total. The van der Waals surface area contributed by atoms with Gasteiger partial charge in [-0.15, -0.1) is 0 Å². The van der Waals surface area contributed by atoms with Crippen LogP contribution >= 0.6 is 0 Å². The van der Waals surface area contributed by atoms with Crippen LogP contribution in [0.4, 0.5) is 0 Å². The summed E-state index contributed by atoms with van der Waals surface area (Å²) in [5, 5.41) is 12.9. The van der Waals surface area contributed by atoms with Gasteiger partial charge in [0.05, 0.1) is 18.7 Å². The van der Waals surface area contributed by atoms with Crippen LogP contribution in [-0.2, 0) is 6.54 Å². The van der Waals surface area contributed by atoms with Gasteiger partial charge in [0.15, 0.2) is 0 Å². The zero-order valence-electron chi connectivity index (χ0n) is 17.1. The summed E-state index contributed by atoms with van der Waals surface area (Å²) in [7, 11) is 1.72. The number of fused-ring (bicyclic) bond motifs is 2. The van der Waals surface area contributed by atoms with Gasteiger partial charge in [0, 0.05) is 37.6 Å². The first-order valence-electron chi connectivity index (χ1n) is 10.5. The van der Waals surface area contributed by atoms with Crippen molar-refractivity contribution >= 4 is 0 Å². The Morgan fingerprint density at radius 2 is 1.73 bits per heavy atom. The fourth-order valence-corrected chi connectivity index (χ4v) is 4.90. The topological polar surface area (TPSA) is 48.3 Å². The molecule has 3 aromatic carbocycles. The van der Waals surface area contributed by atoms with E-state index in [0.29, 0.717) is 23.6 Å². The molecular formula is C26H25N3O. The Kier molecular flexibility index (Phi) is 5.00. The fraction of sp³-hybridized carbons (Fsp3) is 0.269. The highest BCUT2D eigenvalue weighted by Gasteiger charge is 2.46. The van der Waals surface area contributed by atoms with E-state index < -0.39 is 0 Å². The summed E-state index contributed by atoms with van der Waals surface area (Å²) in [6.45, 7) is 3.08. The van der Waals surface area contributed by atoms with Gasteiger partial charge in [-0.1, -0.05) is 48.5 Å². The standard InChI is InChI=1S/C26H25N3O/c1-30-23-7-3-5-19(13-23)15-29-16-24-26(25(17-29)28-24)21-10-8-20(9-11-21)22-6-2-4-18(12-22)14-27/h2-13,24-26,28H,15-17H2,1H3/t24-,25+,26?. The first-order chi connectivity index (χ1) is 14.7. The summed E-state index contributed by atoms with van der Waals surface area (Å²) in [4.78, 5) is 2.54. The number of methoxy groups -OCH3 is 1. The molecule has 3 aliphatic heterocycles. The first-order valence-corrected chi connectivity index (χ1v) is 10.5. The smallest absolute Gasteiger partial charge is 0.119 e. The van der Waals surface area contributed by atoms with E-state index >= 15 is 0 Å². The third-order valence-corrected chi connectivity index (χ3v) is 6.37. The maximum atomic E-state index is 9.13. The predicted molar refractivity (Wildman–Crippen MR) is 118 cm³/mol. The molecule has 150 valence electrons. The van der Waals surface area contributed by atoms with E-state index in [2.05, 4.69) is 64.8 Å². The second-order valence-electron chi connectivity index (χ2n) is 8.27. The number of rotatable bonds is 5. The van der Waals surface area contributed by atoms with Gasteiger partial charge in [0.25, 0.3) is 0 Å². The largest absolute Gasteiger partial charge is 0.497 e. The molecule has 3 fully saturated rings. The maximum absolute atomic E-state index is 9.13. The Labute approximate surface area is 177 Å². The fourth-order valence-electron chi connectivity index (χ4n) is 4.90. The number of piperidine rings is 1. The Bertz CT molecular complexity index is 1070. The second kappa shape index (κ2) is 7.95. The zero-order valence-corrected chi connectivity index (χ0v) is 17.1. The molecule has 3 aromatic rings. The van der Waals surface area contributed by atoms with Crippen molar-refractivity contribution in [1.82, 2.24) is 10.2 Å². The lowest BCUT2D eigenvalue weighted by Crippen LogP contribution is -2.71. The van der Waals surface area contributed by atoms with E-state index in [-0.39, 0.29) is 0 Å². The van der Waals surface area contributed by atoms with E-state index in [0.717, 1.165) is 36.5 Å². The van der Waals surface area contributed by atoms with Gasteiger partial charge >= 0.3 is 0 Å². The van der Waals surface area contributed by atoms with Gasteiger partial charge in [0.1, 0.15) is 5.75 Å². The predicted octanol–water partition coefficient (Wildman–Crippen LogP) is 4.17. The number of nitrogens with zero attached hydrogens (tertiary/aromatic N) is 2. The molecule has 0 aromatic heterocycles. The molecule has 3 heterocycles. The number of nitriles is 1. The van der Waals surface area contributed by atoms with Gasteiger partial charge in [-0.3, -0.25) is 4.90 Å². The van der Waals surface area contributed by atoms with Gasteiger partial charge in [-0.2, -0.15) is 5.26 Å². The third kappa shape index (κ3) is 3.59. The number of piperazine rings is 1. The third-order valence-electron chi connectivity index (χ3n) is 6.37. The van der Waals surface area contributed by atoms with E-state index in [1.807, 2.05) is 24.3 Å². The number of hydrogen-bond donors (Lipinski definition) is 1. The van der Waals surface area contributed by atoms with Crippen LogP contribution in [0.3, 0.4) is 0 Å². The SMILES string of the molecule is COc1cccc(CN2C[C@@H]3N[C@H](C2)C3c2ccc(-c3cccc(C#N)c3)cc2)c1. The van der Waals surface area contributed by atoms with Crippen molar-refractivity contribution in [3.8, 4) is 22.9 Å². The minimum absolute atomic E-state index is 0.502.